The summed E-state index contributed by atoms with van der Waals surface area (Å²) in [7, 11) is 1.65. The Labute approximate surface area is 181 Å². The van der Waals surface area contributed by atoms with Crippen LogP contribution in [0.5, 0.6) is 5.75 Å². The highest BCUT2D eigenvalue weighted by Gasteiger charge is 2.27. The topological polar surface area (TPSA) is 71.8 Å². The van der Waals surface area contributed by atoms with Crippen LogP contribution in [0.2, 0.25) is 0 Å². The molecule has 2 heterocycles. The van der Waals surface area contributed by atoms with Crippen molar-refractivity contribution in [2.24, 2.45) is 0 Å². The zero-order valence-corrected chi connectivity index (χ0v) is 17.5. The predicted octanol–water partition coefficient (Wildman–Crippen LogP) is 5.30. The molecule has 160 valence electrons. The third-order valence-corrected chi connectivity index (χ3v) is 5.65. The number of likely N-dealkylation sites (tertiary alicyclic amines) is 1. The number of ether oxygens (including phenoxy) is 1. The first-order chi connectivity index (χ1) is 15.2. The zero-order valence-electron chi connectivity index (χ0n) is 17.5. The Morgan fingerprint density at radius 2 is 1.77 bits per heavy atom. The van der Waals surface area contributed by atoms with E-state index in [0.29, 0.717) is 11.3 Å². The Morgan fingerprint density at radius 3 is 2.45 bits per heavy atom. The molecule has 6 heteroatoms. The van der Waals surface area contributed by atoms with Crippen molar-refractivity contribution >= 4 is 17.5 Å². The standard InChI is InChI=1S/C25H26N2O4/c1-30-21-14-10-18(11-15-21)22-6-3-2-4-16-27(22)25(29)19-8-12-20(13-9-19)26-24(28)23-7-5-17-31-23/h5,7-15,17,22H,2-4,6,16H2,1H3,(H,26,28)/t22-/m1/s1. The molecule has 1 atom stereocenters. The normalized spacial score (nSPS) is 16.4. The van der Waals surface area contributed by atoms with Crippen LogP contribution in [-0.4, -0.2) is 30.4 Å². The minimum absolute atomic E-state index is 0.00614. The van der Waals surface area contributed by atoms with Crippen molar-refractivity contribution in [3.8, 4) is 5.75 Å². The van der Waals surface area contributed by atoms with Gasteiger partial charge in [0.15, 0.2) is 5.76 Å². The molecule has 1 fully saturated rings. The average Bonchev–Trinajstić information content (AvgIpc) is 3.24. The van der Waals surface area contributed by atoms with Crippen molar-refractivity contribution in [2.45, 2.75) is 31.7 Å². The lowest BCUT2D eigenvalue weighted by atomic mass is 10.00. The van der Waals surface area contributed by atoms with E-state index in [9.17, 15) is 9.59 Å². The Bertz CT molecular complexity index is 1010. The number of methoxy groups -OCH3 is 1. The summed E-state index contributed by atoms with van der Waals surface area (Å²) in [6, 6.07) is 18.3. The number of anilines is 1. The monoisotopic (exact) mass is 418 g/mol. The number of carbonyl (C=O) groups is 2. The molecule has 0 saturated carbocycles. The molecule has 31 heavy (non-hydrogen) atoms. The molecule has 1 aliphatic rings. The number of amides is 2. The predicted molar refractivity (Wildman–Crippen MR) is 118 cm³/mol. The first kappa shape index (κ1) is 20.7. The quantitative estimate of drug-likeness (QED) is 0.610. The van der Waals surface area contributed by atoms with Gasteiger partial charge >= 0.3 is 0 Å². The van der Waals surface area contributed by atoms with E-state index in [-0.39, 0.29) is 23.6 Å². The lowest BCUT2D eigenvalue weighted by molar-refractivity contribution is 0.0681. The van der Waals surface area contributed by atoms with Crippen LogP contribution in [0.25, 0.3) is 0 Å². The molecule has 0 bridgehead atoms. The number of furan rings is 1. The van der Waals surface area contributed by atoms with Crippen LogP contribution in [0.15, 0.2) is 71.3 Å². The van der Waals surface area contributed by atoms with Crippen LogP contribution in [0.4, 0.5) is 5.69 Å². The molecule has 0 spiro atoms. The summed E-state index contributed by atoms with van der Waals surface area (Å²) in [4.78, 5) is 27.5. The maximum absolute atomic E-state index is 13.4. The average molecular weight is 418 g/mol. The minimum atomic E-state index is -0.323. The van der Waals surface area contributed by atoms with Gasteiger partial charge in [-0.2, -0.15) is 0 Å². The number of nitrogens with one attached hydrogen (secondary N) is 1. The molecular formula is C25H26N2O4. The first-order valence-electron chi connectivity index (χ1n) is 10.6. The van der Waals surface area contributed by atoms with Crippen LogP contribution >= 0.6 is 0 Å². The van der Waals surface area contributed by atoms with Gasteiger partial charge in [-0.3, -0.25) is 9.59 Å². The fourth-order valence-electron chi connectivity index (χ4n) is 3.99. The van der Waals surface area contributed by atoms with Gasteiger partial charge in [-0.05, 0) is 66.9 Å². The maximum atomic E-state index is 13.4. The van der Waals surface area contributed by atoms with Crippen molar-refractivity contribution in [2.75, 3.05) is 19.0 Å². The second kappa shape index (κ2) is 9.51. The lowest BCUT2D eigenvalue weighted by Gasteiger charge is -2.31. The molecule has 6 nitrogen and oxygen atoms in total. The minimum Gasteiger partial charge on any atom is -0.497 e. The molecule has 2 amide bonds. The molecule has 0 radical (unpaired) electrons. The summed E-state index contributed by atoms with van der Waals surface area (Å²) in [5.74, 6) is 0.734. The molecule has 0 aliphatic carbocycles. The highest BCUT2D eigenvalue weighted by Crippen LogP contribution is 2.32. The number of nitrogens with zero attached hydrogens (tertiary/aromatic N) is 1. The number of carbonyl (C=O) groups excluding carboxylic acids is 2. The second-order valence-corrected chi connectivity index (χ2v) is 7.65. The largest absolute Gasteiger partial charge is 0.497 e. The van der Waals surface area contributed by atoms with Crippen molar-refractivity contribution in [3.05, 3.63) is 83.8 Å². The molecule has 2 aromatic carbocycles. The Balaban J connectivity index is 1.50. The van der Waals surface area contributed by atoms with Crippen molar-refractivity contribution < 1.29 is 18.7 Å². The van der Waals surface area contributed by atoms with E-state index in [1.807, 2.05) is 29.2 Å². The van der Waals surface area contributed by atoms with Gasteiger partial charge in [0.2, 0.25) is 0 Å². The Morgan fingerprint density at radius 1 is 1.00 bits per heavy atom. The molecule has 1 N–H and O–H groups in total. The molecule has 4 rings (SSSR count). The van der Waals surface area contributed by atoms with E-state index < -0.39 is 0 Å². The van der Waals surface area contributed by atoms with Gasteiger partial charge in [0.1, 0.15) is 5.75 Å². The summed E-state index contributed by atoms with van der Waals surface area (Å²) in [6.45, 7) is 0.729. The van der Waals surface area contributed by atoms with Gasteiger partial charge in [0, 0.05) is 17.8 Å². The SMILES string of the molecule is COc1ccc([C@H]2CCCCCN2C(=O)c2ccc(NC(=O)c3ccco3)cc2)cc1. The summed E-state index contributed by atoms with van der Waals surface area (Å²) < 4.78 is 10.4. The van der Waals surface area contributed by atoms with E-state index >= 15 is 0 Å². The summed E-state index contributed by atoms with van der Waals surface area (Å²) >= 11 is 0. The van der Waals surface area contributed by atoms with Gasteiger partial charge in [-0.1, -0.05) is 25.0 Å². The van der Waals surface area contributed by atoms with E-state index in [4.69, 9.17) is 9.15 Å². The van der Waals surface area contributed by atoms with E-state index in [2.05, 4.69) is 5.32 Å². The Hall–Kier alpha value is -3.54. The van der Waals surface area contributed by atoms with Crippen LogP contribution in [0.1, 0.15) is 58.2 Å². The maximum Gasteiger partial charge on any atom is 0.291 e. The summed E-state index contributed by atoms with van der Waals surface area (Å²) in [5, 5.41) is 2.78. The van der Waals surface area contributed by atoms with Crippen LogP contribution in [-0.2, 0) is 0 Å². The molecular weight excluding hydrogens is 392 g/mol. The molecule has 1 aromatic heterocycles. The van der Waals surface area contributed by atoms with E-state index in [0.717, 1.165) is 43.5 Å². The highest BCUT2D eigenvalue weighted by molar-refractivity contribution is 6.02. The highest BCUT2D eigenvalue weighted by atomic mass is 16.5. The summed E-state index contributed by atoms with van der Waals surface area (Å²) in [5.41, 5.74) is 2.34. The van der Waals surface area contributed by atoms with Crippen molar-refractivity contribution in [3.63, 3.8) is 0 Å². The van der Waals surface area contributed by atoms with E-state index in [1.54, 1.807) is 43.5 Å². The van der Waals surface area contributed by atoms with Crippen molar-refractivity contribution in [1.29, 1.82) is 0 Å². The third kappa shape index (κ3) is 4.79. The van der Waals surface area contributed by atoms with Crippen LogP contribution in [0, 0.1) is 0 Å². The van der Waals surface area contributed by atoms with Crippen LogP contribution < -0.4 is 10.1 Å². The molecule has 1 saturated heterocycles. The van der Waals surface area contributed by atoms with Gasteiger partial charge in [-0.15, -0.1) is 0 Å². The summed E-state index contributed by atoms with van der Waals surface area (Å²) in [6.07, 6.45) is 5.61. The zero-order chi connectivity index (χ0) is 21.6. The third-order valence-electron chi connectivity index (χ3n) is 5.65. The van der Waals surface area contributed by atoms with Crippen LogP contribution in [0.3, 0.4) is 0 Å². The first-order valence-corrected chi connectivity index (χ1v) is 10.6. The number of hydrogen-bond acceptors (Lipinski definition) is 4. The lowest BCUT2D eigenvalue weighted by Crippen LogP contribution is -2.34. The molecule has 1 aliphatic heterocycles. The number of hydrogen-bond donors (Lipinski definition) is 1. The number of rotatable bonds is 5. The van der Waals surface area contributed by atoms with Crippen molar-refractivity contribution in [1.82, 2.24) is 4.90 Å². The molecule has 3 aromatic rings. The van der Waals surface area contributed by atoms with E-state index in [1.165, 1.54) is 6.26 Å². The van der Waals surface area contributed by atoms with Gasteiger partial charge in [0.05, 0.1) is 19.4 Å². The second-order valence-electron chi connectivity index (χ2n) is 7.65. The Kier molecular flexibility index (Phi) is 6.36. The molecule has 0 unspecified atom stereocenters. The number of benzene rings is 2. The smallest absolute Gasteiger partial charge is 0.291 e. The fourth-order valence-corrected chi connectivity index (χ4v) is 3.99. The fraction of sp³-hybridized carbons (Fsp3) is 0.280. The van der Waals surface area contributed by atoms with Gasteiger partial charge in [0.25, 0.3) is 11.8 Å². The van der Waals surface area contributed by atoms with Gasteiger partial charge < -0.3 is 19.4 Å². The van der Waals surface area contributed by atoms with Gasteiger partial charge in [-0.25, -0.2) is 0 Å².